The van der Waals surface area contributed by atoms with Crippen molar-refractivity contribution in [3.63, 3.8) is 0 Å². The van der Waals surface area contributed by atoms with Crippen LogP contribution in [-0.4, -0.2) is 49.6 Å². The first-order valence-electron chi connectivity index (χ1n) is 12.6. The predicted molar refractivity (Wildman–Crippen MR) is 151 cm³/mol. The summed E-state index contributed by atoms with van der Waals surface area (Å²) in [6, 6.07) is 24.0. The number of carbonyl (C=O) groups excluding carboxylic acids is 2. The van der Waals surface area contributed by atoms with Gasteiger partial charge in [-0.25, -0.2) is 0 Å². The molecule has 0 radical (unpaired) electrons. The van der Waals surface area contributed by atoms with Gasteiger partial charge in [-0.1, -0.05) is 42.5 Å². The molecule has 1 amide bonds. The number of quaternary nitrogens is 1. The number of rotatable bonds is 7. The Bertz CT molecular complexity index is 1570. The second-order valence-corrected chi connectivity index (χ2v) is 10.4. The molecule has 41 heavy (non-hydrogen) atoms. The number of hydrogen-bond acceptors (Lipinski definition) is 4. The second kappa shape index (κ2) is 12.3. The van der Waals surface area contributed by atoms with E-state index in [1.54, 1.807) is 0 Å². The molecule has 4 N–H and O–H groups in total. The molecule has 0 fully saturated rings. The zero-order valence-corrected chi connectivity index (χ0v) is 23.2. The fraction of sp³-hybridized carbons (Fsp3) is 0.233. The van der Waals surface area contributed by atoms with E-state index in [0.717, 1.165) is 32.1 Å². The minimum atomic E-state index is -5.19. The molecule has 0 unspecified atom stereocenters. The van der Waals surface area contributed by atoms with Gasteiger partial charge in [0.25, 0.3) is 5.91 Å². The van der Waals surface area contributed by atoms with Gasteiger partial charge >= 0.3 is 6.18 Å². The Kier molecular flexibility index (Phi) is 9.24. The van der Waals surface area contributed by atoms with Crippen LogP contribution in [0.5, 0.6) is 0 Å². The number of nitrogens with one attached hydrogen (secondary N) is 2. The Morgan fingerprint density at radius 2 is 1.59 bits per heavy atom. The third-order valence-electron chi connectivity index (χ3n) is 6.37. The number of alkyl halides is 3. The van der Waals surface area contributed by atoms with E-state index in [1.165, 1.54) is 5.69 Å². The van der Waals surface area contributed by atoms with E-state index in [9.17, 15) is 18.0 Å². The Morgan fingerprint density at radius 3 is 2.15 bits per heavy atom. The summed E-state index contributed by atoms with van der Waals surface area (Å²) < 4.78 is 34.3. The number of carboxylic acid groups (broad SMARTS) is 1. The number of nitrogen functional groups attached to an aromatic ring is 1. The third-order valence-corrected chi connectivity index (χ3v) is 6.37. The van der Waals surface area contributed by atoms with Gasteiger partial charge in [0, 0.05) is 29.6 Å². The van der Waals surface area contributed by atoms with Crippen LogP contribution in [0.1, 0.15) is 32.7 Å². The highest BCUT2D eigenvalue weighted by atomic mass is 19.4. The van der Waals surface area contributed by atoms with Crippen LogP contribution in [0.3, 0.4) is 0 Å². The summed E-state index contributed by atoms with van der Waals surface area (Å²) in [5.41, 5.74) is 12.3. The van der Waals surface area contributed by atoms with Crippen LogP contribution in [0.15, 0.2) is 72.8 Å². The van der Waals surface area contributed by atoms with Crippen LogP contribution in [0.2, 0.25) is 0 Å². The third kappa shape index (κ3) is 7.95. The van der Waals surface area contributed by atoms with E-state index in [-0.39, 0.29) is 11.7 Å². The average molecular weight is 568 g/mol. The molecule has 0 aliphatic carbocycles. The fourth-order valence-corrected chi connectivity index (χ4v) is 4.14. The first kappa shape index (κ1) is 30.9. The van der Waals surface area contributed by atoms with Crippen molar-refractivity contribution in [2.24, 2.45) is 5.73 Å². The SMILES string of the molecule is Cc1cccc2c1cc(C(=O)NCc1ccc([N+](C)(C)C)cc1)n2Cc1cccc(C(=N)N)c1.O=C([O-])C(F)(F)F. The molecule has 0 atom stereocenters. The van der Waals surface area contributed by atoms with Crippen molar-refractivity contribution in [1.29, 1.82) is 5.41 Å². The summed E-state index contributed by atoms with van der Waals surface area (Å²) in [5.74, 6) is -3.09. The number of aliphatic carboxylic acids is 1. The molecule has 4 rings (SSSR count). The molecule has 0 spiro atoms. The zero-order valence-electron chi connectivity index (χ0n) is 23.2. The van der Waals surface area contributed by atoms with Crippen molar-refractivity contribution >= 4 is 34.3 Å². The predicted octanol–water partition coefficient (Wildman–Crippen LogP) is 3.71. The van der Waals surface area contributed by atoms with Crippen LogP contribution >= 0.6 is 0 Å². The number of aryl methyl sites for hydroxylation is 1. The molecule has 0 saturated carbocycles. The van der Waals surface area contributed by atoms with Gasteiger partial charge < -0.3 is 25.5 Å². The molecule has 4 aromatic rings. The molecule has 0 aliphatic heterocycles. The van der Waals surface area contributed by atoms with Crippen molar-refractivity contribution in [2.45, 2.75) is 26.2 Å². The van der Waals surface area contributed by atoms with Crippen molar-refractivity contribution in [1.82, 2.24) is 14.4 Å². The maximum atomic E-state index is 13.3. The number of benzene rings is 3. The molecule has 3 aromatic carbocycles. The maximum Gasteiger partial charge on any atom is 0.430 e. The lowest BCUT2D eigenvalue weighted by molar-refractivity contribution is -0.344. The molecule has 1 heterocycles. The van der Waals surface area contributed by atoms with Crippen LogP contribution < -0.4 is 20.6 Å². The normalized spacial score (nSPS) is 11.5. The number of nitrogens with zero attached hydrogens (tertiary/aromatic N) is 2. The monoisotopic (exact) mass is 567 g/mol. The summed E-state index contributed by atoms with van der Waals surface area (Å²) in [4.78, 5) is 22.1. The molecule has 0 bridgehead atoms. The molecular formula is C30H32F3N5O3. The number of carbonyl (C=O) groups is 2. The average Bonchev–Trinajstić information content (AvgIpc) is 3.26. The van der Waals surface area contributed by atoms with Gasteiger partial charge in [0.15, 0.2) is 0 Å². The molecule has 0 aliphatic rings. The summed E-state index contributed by atoms with van der Waals surface area (Å²) in [6.07, 6.45) is -5.19. The smallest absolute Gasteiger partial charge is 0.430 e. The minimum absolute atomic E-state index is 0.0318. The number of fused-ring (bicyclic) bond motifs is 1. The van der Waals surface area contributed by atoms with Gasteiger partial charge in [-0.3, -0.25) is 14.7 Å². The zero-order chi connectivity index (χ0) is 30.5. The minimum Gasteiger partial charge on any atom is -0.542 e. The number of carboxylic acids is 1. The van der Waals surface area contributed by atoms with Crippen LogP contribution in [0, 0.1) is 12.3 Å². The Balaban J connectivity index is 0.000000587. The number of hydrogen-bond donors (Lipinski definition) is 3. The van der Waals surface area contributed by atoms with Crippen LogP contribution in [-0.2, 0) is 17.9 Å². The second-order valence-electron chi connectivity index (χ2n) is 10.4. The highest BCUT2D eigenvalue weighted by Gasteiger charge is 2.28. The summed E-state index contributed by atoms with van der Waals surface area (Å²) in [6.45, 7) is 3.02. The number of amidine groups is 1. The molecule has 216 valence electrons. The summed E-state index contributed by atoms with van der Waals surface area (Å²) >= 11 is 0. The largest absolute Gasteiger partial charge is 0.542 e. The quantitative estimate of drug-likeness (QED) is 0.179. The fourth-order valence-electron chi connectivity index (χ4n) is 4.14. The van der Waals surface area contributed by atoms with E-state index in [4.69, 9.17) is 21.0 Å². The molecule has 1 aromatic heterocycles. The van der Waals surface area contributed by atoms with Gasteiger partial charge in [0.2, 0.25) is 0 Å². The van der Waals surface area contributed by atoms with Crippen molar-refractivity contribution in [2.75, 3.05) is 21.1 Å². The van der Waals surface area contributed by atoms with Crippen LogP contribution in [0.4, 0.5) is 18.9 Å². The summed E-state index contributed by atoms with van der Waals surface area (Å²) in [7, 11) is 6.39. The molecule has 8 nitrogen and oxygen atoms in total. The number of aromatic nitrogens is 1. The van der Waals surface area contributed by atoms with E-state index < -0.39 is 12.1 Å². The van der Waals surface area contributed by atoms with Crippen molar-refractivity contribution < 1.29 is 27.9 Å². The van der Waals surface area contributed by atoms with Gasteiger partial charge in [-0.05, 0) is 53.9 Å². The highest BCUT2D eigenvalue weighted by Crippen LogP contribution is 2.25. The van der Waals surface area contributed by atoms with Crippen molar-refractivity contribution in [3.8, 4) is 0 Å². The number of nitrogens with two attached hydrogens (primary N) is 1. The lowest BCUT2D eigenvalue weighted by atomic mass is 10.1. The van der Waals surface area contributed by atoms with Gasteiger partial charge in [-0.15, -0.1) is 0 Å². The molecule has 11 heteroatoms. The molecular weight excluding hydrogens is 535 g/mol. The lowest BCUT2D eigenvalue weighted by Gasteiger charge is -2.23. The van der Waals surface area contributed by atoms with E-state index >= 15 is 0 Å². The van der Waals surface area contributed by atoms with E-state index in [2.05, 4.69) is 63.7 Å². The van der Waals surface area contributed by atoms with Gasteiger partial charge in [-0.2, -0.15) is 13.2 Å². The van der Waals surface area contributed by atoms with E-state index in [1.807, 2.05) is 47.0 Å². The Labute approximate surface area is 235 Å². The maximum absolute atomic E-state index is 13.3. The summed E-state index contributed by atoms with van der Waals surface area (Å²) in [5, 5.41) is 20.7. The van der Waals surface area contributed by atoms with Crippen LogP contribution in [0.25, 0.3) is 10.9 Å². The topological polar surface area (TPSA) is 124 Å². The first-order valence-corrected chi connectivity index (χ1v) is 12.6. The first-order chi connectivity index (χ1) is 19.1. The number of halogens is 3. The number of amides is 1. The molecule has 0 saturated heterocycles. The Morgan fingerprint density at radius 1 is 0.976 bits per heavy atom. The standard InChI is InChI=1S/C28H31N5O.C2HF3O2/c1-19-7-5-10-25-24(19)16-26(32(25)18-21-8-6-9-22(15-21)27(29)30)28(34)31-17-20-11-13-23(14-12-20)33(2,3)4;3-2(4,5)1(6)7/h5-16H,17-18H2,1-4H3,(H3-,29,30,31,34);(H,6,7). The van der Waals surface area contributed by atoms with E-state index in [0.29, 0.717) is 24.3 Å². The lowest BCUT2D eigenvalue weighted by Crippen LogP contribution is -2.37. The van der Waals surface area contributed by atoms with Gasteiger partial charge in [0.05, 0.1) is 21.1 Å². The Hall–Kier alpha value is -4.64. The van der Waals surface area contributed by atoms with Gasteiger partial charge in [0.1, 0.15) is 23.2 Å². The highest BCUT2D eigenvalue weighted by molar-refractivity contribution is 5.99. The van der Waals surface area contributed by atoms with Crippen molar-refractivity contribution in [3.05, 3.63) is 101 Å².